The zero-order valence-corrected chi connectivity index (χ0v) is 23.5. The number of aromatic amines is 1. The highest BCUT2D eigenvalue weighted by Gasteiger charge is 2.31. The van der Waals surface area contributed by atoms with Crippen molar-refractivity contribution in [2.24, 2.45) is 11.5 Å². The maximum atomic E-state index is 13.7. The number of carbonyl (C=O) groups excluding carboxylic acids is 4. The summed E-state index contributed by atoms with van der Waals surface area (Å²) in [5.41, 5.74) is 12.8. The van der Waals surface area contributed by atoms with Gasteiger partial charge in [0.1, 0.15) is 23.9 Å². The van der Waals surface area contributed by atoms with Gasteiger partial charge >= 0.3 is 11.9 Å². The first-order chi connectivity index (χ1) is 20.8. The number of amides is 4. The Morgan fingerprint density at radius 1 is 0.795 bits per heavy atom. The Kier molecular flexibility index (Phi) is 11.4. The number of H-pyrrole nitrogens is 1. The lowest BCUT2D eigenvalue weighted by Gasteiger charge is -2.25. The maximum Gasteiger partial charge on any atom is 0.326 e. The molecule has 44 heavy (non-hydrogen) atoms. The number of carboxylic acids is 2. The number of nitrogens with two attached hydrogens (primary N) is 2. The van der Waals surface area contributed by atoms with E-state index in [0.29, 0.717) is 11.1 Å². The van der Waals surface area contributed by atoms with Crippen LogP contribution < -0.4 is 27.4 Å². The quantitative estimate of drug-likeness (QED) is 0.0980. The standard InChI is InChI=1S/C29H34N6O9/c30-19(13-24(31)37)26(40)34-23(12-16-14-32-20-4-2-1-3-18(16)20)28(42)35-22(11-15-5-7-17(36)8-6-15)27(41)33-21(29(43)44)9-10-25(38)39/h1-8,14,19,21-23,32,36H,9-13,30H2,(H2,31,37)(H,33,41)(H,34,40)(H,35,42)(H,38,39)(H,43,44). The first-order valence-electron chi connectivity index (χ1n) is 13.6. The summed E-state index contributed by atoms with van der Waals surface area (Å²) >= 11 is 0. The molecule has 4 atom stereocenters. The first-order valence-corrected chi connectivity index (χ1v) is 13.6. The van der Waals surface area contributed by atoms with Crippen molar-refractivity contribution >= 4 is 46.5 Å². The number of rotatable bonds is 16. The van der Waals surface area contributed by atoms with Crippen molar-refractivity contribution in [1.29, 1.82) is 0 Å². The lowest BCUT2D eigenvalue weighted by molar-refractivity contribution is -0.143. The Hall–Kier alpha value is -5.44. The van der Waals surface area contributed by atoms with Gasteiger partial charge in [0.25, 0.3) is 0 Å². The third kappa shape index (κ3) is 9.55. The van der Waals surface area contributed by atoms with Crippen molar-refractivity contribution in [2.75, 3.05) is 0 Å². The molecule has 0 aliphatic heterocycles. The first kappa shape index (κ1) is 33.1. The number of hydrogen-bond acceptors (Lipinski definition) is 8. The van der Waals surface area contributed by atoms with Crippen LogP contribution in [-0.4, -0.2) is 80.0 Å². The molecule has 0 fully saturated rings. The van der Waals surface area contributed by atoms with Gasteiger partial charge < -0.3 is 47.7 Å². The van der Waals surface area contributed by atoms with E-state index in [1.54, 1.807) is 18.3 Å². The highest BCUT2D eigenvalue weighted by atomic mass is 16.4. The fraction of sp³-hybridized carbons (Fsp3) is 0.310. The number of aromatic hydroxyl groups is 1. The molecule has 1 aromatic heterocycles. The molecule has 11 N–H and O–H groups in total. The molecule has 0 aliphatic rings. The second-order valence-electron chi connectivity index (χ2n) is 10.2. The van der Waals surface area contributed by atoms with Crippen LogP contribution in [0.3, 0.4) is 0 Å². The second-order valence-corrected chi connectivity index (χ2v) is 10.2. The number of carbonyl (C=O) groups is 6. The topological polar surface area (TPSA) is 267 Å². The van der Waals surface area contributed by atoms with Crippen LogP contribution in [0.15, 0.2) is 54.7 Å². The van der Waals surface area contributed by atoms with Crippen molar-refractivity contribution in [2.45, 2.75) is 56.3 Å². The van der Waals surface area contributed by atoms with Gasteiger partial charge in [0.2, 0.25) is 23.6 Å². The average molecular weight is 611 g/mol. The highest BCUT2D eigenvalue weighted by molar-refractivity contribution is 5.96. The van der Waals surface area contributed by atoms with E-state index in [9.17, 15) is 39.0 Å². The number of aliphatic carboxylic acids is 2. The fourth-order valence-corrected chi connectivity index (χ4v) is 4.46. The second kappa shape index (κ2) is 15.2. The van der Waals surface area contributed by atoms with E-state index in [1.165, 1.54) is 24.3 Å². The monoisotopic (exact) mass is 610 g/mol. The van der Waals surface area contributed by atoms with Gasteiger partial charge in [-0.2, -0.15) is 0 Å². The summed E-state index contributed by atoms with van der Waals surface area (Å²) in [4.78, 5) is 77.0. The van der Waals surface area contributed by atoms with Crippen LogP contribution in [0.5, 0.6) is 5.75 Å². The van der Waals surface area contributed by atoms with Crippen LogP contribution in [0.25, 0.3) is 10.9 Å². The summed E-state index contributed by atoms with van der Waals surface area (Å²) in [6, 6.07) is 7.32. The van der Waals surface area contributed by atoms with Crippen LogP contribution in [0.2, 0.25) is 0 Å². The zero-order valence-electron chi connectivity index (χ0n) is 23.5. The Labute approximate surface area is 251 Å². The van der Waals surface area contributed by atoms with Crippen LogP contribution in [0.1, 0.15) is 30.4 Å². The summed E-state index contributed by atoms with van der Waals surface area (Å²) < 4.78 is 0. The minimum absolute atomic E-state index is 0.0489. The van der Waals surface area contributed by atoms with Crippen LogP contribution in [0.4, 0.5) is 0 Å². The van der Waals surface area contributed by atoms with Gasteiger partial charge in [-0.05, 0) is 35.7 Å². The third-order valence-electron chi connectivity index (χ3n) is 6.76. The number of hydrogen-bond donors (Lipinski definition) is 9. The molecule has 15 nitrogen and oxygen atoms in total. The molecule has 15 heteroatoms. The van der Waals surface area contributed by atoms with Crippen LogP contribution >= 0.6 is 0 Å². The number of benzene rings is 2. The molecule has 0 saturated carbocycles. The normalized spacial score (nSPS) is 13.7. The number of phenolic OH excluding ortho intramolecular Hbond substituents is 1. The Morgan fingerprint density at radius 3 is 2.00 bits per heavy atom. The summed E-state index contributed by atoms with van der Waals surface area (Å²) in [6.45, 7) is 0. The zero-order chi connectivity index (χ0) is 32.4. The number of fused-ring (bicyclic) bond motifs is 1. The van der Waals surface area contributed by atoms with E-state index >= 15 is 0 Å². The maximum absolute atomic E-state index is 13.7. The van der Waals surface area contributed by atoms with Gasteiger partial charge in [-0.1, -0.05) is 30.3 Å². The van der Waals surface area contributed by atoms with Crippen LogP contribution in [0, 0.1) is 0 Å². The molecular formula is C29H34N6O9. The minimum atomic E-state index is -1.56. The predicted octanol–water partition coefficient (Wildman–Crippen LogP) is -0.735. The van der Waals surface area contributed by atoms with E-state index in [4.69, 9.17) is 16.6 Å². The lowest BCUT2D eigenvalue weighted by atomic mass is 10.0. The van der Waals surface area contributed by atoms with Gasteiger partial charge in [-0.15, -0.1) is 0 Å². The Morgan fingerprint density at radius 2 is 1.39 bits per heavy atom. The molecule has 234 valence electrons. The number of nitrogens with one attached hydrogen (secondary N) is 4. The molecule has 2 aromatic carbocycles. The third-order valence-corrected chi connectivity index (χ3v) is 6.76. The SMILES string of the molecule is NC(=O)CC(N)C(=O)NC(Cc1c[nH]c2ccccc12)C(=O)NC(Cc1ccc(O)cc1)C(=O)NC(CCC(=O)O)C(=O)O. The number of carboxylic acid groups (broad SMARTS) is 2. The molecule has 3 rings (SSSR count). The van der Waals surface area contributed by atoms with Gasteiger partial charge in [0.15, 0.2) is 0 Å². The molecule has 4 amide bonds. The smallest absolute Gasteiger partial charge is 0.326 e. The summed E-state index contributed by atoms with van der Waals surface area (Å²) in [7, 11) is 0. The van der Waals surface area contributed by atoms with E-state index in [1.807, 2.05) is 12.1 Å². The van der Waals surface area contributed by atoms with Gasteiger partial charge in [-0.25, -0.2) is 4.79 Å². The molecule has 0 bridgehead atoms. The average Bonchev–Trinajstić information content (AvgIpc) is 3.37. The van der Waals surface area contributed by atoms with Gasteiger partial charge in [0, 0.05) is 36.4 Å². The van der Waals surface area contributed by atoms with Crippen molar-refractivity contribution in [3.05, 3.63) is 65.9 Å². The van der Waals surface area contributed by atoms with Crippen molar-refractivity contribution in [1.82, 2.24) is 20.9 Å². The minimum Gasteiger partial charge on any atom is -0.508 e. The fourth-order valence-electron chi connectivity index (χ4n) is 4.46. The van der Waals surface area contributed by atoms with Crippen molar-refractivity contribution in [3.8, 4) is 5.75 Å². The van der Waals surface area contributed by atoms with Crippen molar-refractivity contribution < 1.29 is 44.1 Å². The predicted molar refractivity (Wildman–Crippen MR) is 156 cm³/mol. The van der Waals surface area contributed by atoms with E-state index < -0.39 is 79.0 Å². The van der Waals surface area contributed by atoms with E-state index in [2.05, 4.69) is 20.9 Å². The highest BCUT2D eigenvalue weighted by Crippen LogP contribution is 2.20. The van der Waals surface area contributed by atoms with E-state index in [-0.39, 0.29) is 18.6 Å². The summed E-state index contributed by atoms with van der Waals surface area (Å²) in [5.74, 6) is -6.20. The molecule has 4 unspecified atom stereocenters. The van der Waals surface area contributed by atoms with Gasteiger partial charge in [0.05, 0.1) is 12.5 Å². The number of phenols is 1. The van der Waals surface area contributed by atoms with E-state index in [0.717, 1.165) is 10.9 Å². The molecule has 0 radical (unpaired) electrons. The largest absolute Gasteiger partial charge is 0.508 e. The molecular weight excluding hydrogens is 576 g/mol. The van der Waals surface area contributed by atoms with Crippen molar-refractivity contribution in [3.63, 3.8) is 0 Å². The Bertz CT molecular complexity index is 1520. The molecule has 0 aliphatic carbocycles. The number of primary amides is 1. The molecule has 0 spiro atoms. The summed E-state index contributed by atoms with van der Waals surface area (Å²) in [5, 5.41) is 36.2. The number of aromatic nitrogens is 1. The Balaban J connectivity index is 1.90. The lowest BCUT2D eigenvalue weighted by Crippen LogP contribution is -2.58. The number of para-hydroxylation sites is 1. The van der Waals surface area contributed by atoms with Crippen LogP contribution in [-0.2, 0) is 41.6 Å². The molecule has 3 aromatic rings. The van der Waals surface area contributed by atoms with Gasteiger partial charge in [-0.3, -0.25) is 24.0 Å². The summed E-state index contributed by atoms with van der Waals surface area (Å²) in [6.07, 6.45) is 0.0176. The molecule has 0 saturated heterocycles. The molecule has 1 heterocycles.